The van der Waals surface area contributed by atoms with Gasteiger partial charge in [-0.2, -0.15) is 0 Å². The van der Waals surface area contributed by atoms with Crippen molar-refractivity contribution in [3.8, 4) is 0 Å². The minimum absolute atomic E-state index is 0.0909. The number of rotatable bonds is 6. The average Bonchev–Trinajstić information content (AvgIpc) is 2.21. The molecule has 0 aromatic heterocycles. The third-order valence-electron chi connectivity index (χ3n) is 1.22. The van der Waals surface area contributed by atoms with Crippen molar-refractivity contribution >= 4 is 0 Å². The Morgan fingerprint density at radius 2 is 2.40 bits per heavy atom. The first kappa shape index (κ1) is 4.58. The lowest BCUT2D eigenvalue weighted by Gasteiger charge is -1.89. The standard InChI is InChI=1S/C10H20/c1-3-5-7-9-10-8-6-4-2/h9-10H,3-8H2,1-2H3/b10-9+/i1D,3D,5D,7D. The van der Waals surface area contributed by atoms with Gasteiger partial charge >= 0.3 is 0 Å². The molecule has 0 heterocycles. The van der Waals surface area contributed by atoms with E-state index < -0.39 is 19.2 Å². The smallest absolute Gasteiger partial charge is 0.0310 e. The molecule has 0 radical (unpaired) electrons. The van der Waals surface area contributed by atoms with Crippen molar-refractivity contribution in [1.29, 1.82) is 0 Å². The van der Waals surface area contributed by atoms with E-state index in [1.165, 1.54) is 0 Å². The van der Waals surface area contributed by atoms with Crippen LogP contribution in [-0.2, 0) is 0 Å². The first-order chi connectivity index (χ1) is 6.63. The molecule has 0 fully saturated rings. The Kier molecular flexibility index (Phi) is 4.01. The van der Waals surface area contributed by atoms with Gasteiger partial charge in [0.05, 0.1) is 0 Å². The van der Waals surface area contributed by atoms with Gasteiger partial charge in [-0.3, -0.25) is 0 Å². The lowest BCUT2D eigenvalue weighted by molar-refractivity contribution is 0.793. The summed E-state index contributed by atoms with van der Waals surface area (Å²) in [5.41, 5.74) is 0. The van der Waals surface area contributed by atoms with Gasteiger partial charge in [-0.25, -0.2) is 0 Å². The van der Waals surface area contributed by atoms with E-state index >= 15 is 0 Å². The second-order valence-electron chi connectivity index (χ2n) is 2.19. The van der Waals surface area contributed by atoms with Gasteiger partial charge in [0.2, 0.25) is 0 Å². The van der Waals surface area contributed by atoms with Crippen LogP contribution in [-0.4, -0.2) is 0 Å². The van der Waals surface area contributed by atoms with Crippen LogP contribution >= 0.6 is 0 Å². The summed E-state index contributed by atoms with van der Waals surface area (Å²) in [6, 6.07) is 0. The van der Waals surface area contributed by atoms with Gasteiger partial charge in [0.15, 0.2) is 0 Å². The third-order valence-corrected chi connectivity index (χ3v) is 1.22. The zero-order valence-electron chi connectivity index (χ0n) is 10.7. The zero-order valence-corrected chi connectivity index (χ0v) is 6.72. The van der Waals surface area contributed by atoms with Crippen LogP contribution in [0.5, 0.6) is 0 Å². The van der Waals surface area contributed by atoms with Gasteiger partial charge in [0, 0.05) is 5.48 Å². The highest BCUT2D eigenvalue weighted by atomic mass is 13.9. The SMILES string of the molecule is [2H]CC([2H])C([2H])C([2H])/C=C/CCCC. The van der Waals surface area contributed by atoms with Gasteiger partial charge in [-0.15, -0.1) is 0 Å². The molecule has 3 unspecified atom stereocenters. The van der Waals surface area contributed by atoms with Crippen LogP contribution in [0.15, 0.2) is 12.2 Å². The molecule has 60 valence electrons. The minimum atomic E-state index is -0.787. The van der Waals surface area contributed by atoms with E-state index in [1.807, 2.05) is 6.08 Å². The summed E-state index contributed by atoms with van der Waals surface area (Å²) in [5, 5.41) is 0. The highest BCUT2D eigenvalue weighted by Gasteiger charge is 1.78. The molecule has 0 saturated carbocycles. The molecule has 0 aliphatic heterocycles. The van der Waals surface area contributed by atoms with Crippen LogP contribution in [0.4, 0.5) is 0 Å². The molecule has 0 amide bonds. The Bertz CT molecular complexity index is 158. The molecule has 10 heavy (non-hydrogen) atoms. The summed E-state index contributed by atoms with van der Waals surface area (Å²) >= 11 is 0. The van der Waals surface area contributed by atoms with Crippen molar-refractivity contribution in [1.82, 2.24) is 0 Å². The van der Waals surface area contributed by atoms with Gasteiger partial charge < -0.3 is 0 Å². The van der Waals surface area contributed by atoms with E-state index in [-0.39, 0.29) is 6.90 Å². The molecular weight excluding hydrogens is 120 g/mol. The van der Waals surface area contributed by atoms with E-state index in [0.717, 1.165) is 19.3 Å². The van der Waals surface area contributed by atoms with Crippen molar-refractivity contribution in [2.45, 2.75) is 52.3 Å². The van der Waals surface area contributed by atoms with Crippen molar-refractivity contribution in [3.63, 3.8) is 0 Å². The molecule has 0 bridgehead atoms. The van der Waals surface area contributed by atoms with Crippen LogP contribution in [0.25, 0.3) is 0 Å². The quantitative estimate of drug-likeness (QED) is 0.391. The molecule has 0 nitrogen and oxygen atoms in total. The molecule has 0 rings (SSSR count). The molecule has 0 aliphatic rings. The summed E-state index contributed by atoms with van der Waals surface area (Å²) in [6.07, 6.45) is 4.59. The fourth-order valence-corrected chi connectivity index (χ4v) is 0.639. The van der Waals surface area contributed by atoms with Crippen molar-refractivity contribution in [3.05, 3.63) is 12.2 Å². The Labute approximate surface area is 71.0 Å². The largest absolute Gasteiger partial charge is 0.0885 e. The fraction of sp³-hybridized carbons (Fsp3) is 0.800. The Morgan fingerprint density at radius 3 is 3.10 bits per heavy atom. The predicted molar refractivity (Wildman–Crippen MR) is 48.2 cm³/mol. The monoisotopic (exact) mass is 144 g/mol. The fourth-order valence-electron chi connectivity index (χ4n) is 0.639. The molecule has 0 saturated heterocycles. The summed E-state index contributed by atoms with van der Waals surface area (Å²) in [7, 11) is 0. The van der Waals surface area contributed by atoms with Gasteiger partial charge in [-0.1, -0.05) is 51.6 Å². The molecule has 0 N–H and O–H groups in total. The van der Waals surface area contributed by atoms with Crippen molar-refractivity contribution in [2.24, 2.45) is 0 Å². The first-order valence-electron chi connectivity index (χ1n) is 6.30. The van der Waals surface area contributed by atoms with E-state index in [0.29, 0.717) is 0 Å². The van der Waals surface area contributed by atoms with Crippen LogP contribution in [0.3, 0.4) is 0 Å². The van der Waals surface area contributed by atoms with Crippen LogP contribution < -0.4 is 0 Å². The third kappa shape index (κ3) is 7.74. The van der Waals surface area contributed by atoms with E-state index in [9.17, 15) is 0 Å². The summed E-state index contributed by atoms with van der Waals surface area (Å²) < 4.78 is 29.4. The summed E-state index contributed by atoms with van der Waals surface area (Å²) in [6.45, 7) is 2.02. The zero-order chi connectivity index (χ0) is 11.0. The predicted octanol–water partition coefficient (Wildman–Crippen LogP) is 3.92. The number of hydrogen-bond donors (Lipinski definition) is 0. The molecule has 0 heteroatoms. The van der Waals surface area contributed by atoms with Crippen molar-refractivity contribution < 1.29 is 5.48 Å². The van der Waals surface area contributed by atoms with Gasteiger partial charge in [0.1, 0.15) is 0 Å². The highest BCUT2D eigenvalue weighted by Crippen LogP contribution is 1.99. The molecule has 3 atom stereocenters. The Balaban J connectivity index is 3.81. The normalized spacial score (nSPS) is 26.1. The topological polar surface area (TPSA) is 0 Å². The van der Waals surface area contributed by atoms with E-state index in [1.54, 1.807) is 6.08 Å². The maximum Gasteiger partial charge on any atom is 0.0310 e. The van der Waals surface area contributed by atoms with Gasteiger partial charge in [0.25, 0.3) is 0 Å². The maximum atomic E-state index is 7.57. The minimum Gasteiger partial charge on any atom is -0.0885 e. The van der Waals surface area contributed by atoms with Crippen LogP contribution in [0.2, 0.25) is 0 Å². The lowest BCUT2D eigenvalue weighted by Crippen LogP contribution is -1.69. The van der Waals surface area contributed by atoms with Crippen LogP contribution in [0, 0.1) is 0 Å². The highest BCUT2D eigenvalue weighted by molar-refractivity contribution is 4.80. The molecule has 0 spiro atoms. The van der Waals surface area contributed by atoms with E-state index in [4.69, 9.17) is 5.48 Å². The molecule has 0 aromatic rings. The molecule has 0 aromatic carbocycles. The second kappa shape index (κ2) is 8.74. The number of hydrogen-bond acceptors (Lipinski definition) is 0. The van der Waals surface area contributed by atoms with Gasteiger partial charge in [-0.05, 0) is 12.8 Å². The van der Waals surface area contributed by atoms with Crippen molar-refractivity contribution in [2.75, 3.05) is 0 Å². The van der Waals surface area contributed by atoms with Crippen LogP contribution in [0.1, 0.15) is 57.8 Å². The lowest BCUT2D eigenvalue weighted by atomic mass is 10.2. The first-order valence-corrected chi connectivity index (χ1v) is 3.86. The average molecular weight is 144 g/mol. The summed E-state index contributed by atoms with van der Waals surface area (Å²) in [5.74, 6) is 0. The number of unbranched alkanes of at least 4 members (excludes halogenated alkanes) is 2. The number of allylic oxidation sites excluding steroid dienone is 2. The van der Waals surface area contributed by atoms with E-state index in [2.05, 4.69) is 6.92 Å². The maximum absolute atomic E-state index is 7.57. The molecule has 0 aliphatic carbocycles. The second-order valence-corrected chi connectivity index (χ2v) is 2.19. The Hall–Kier alpha value is -0.260. The Morgan fingerprint density at radius 1 is 1.50 bits per heavy atom. The molecular formula is C10H20. The summed E-state index contributed by atoms with van der Waals surface area (Å²) in [4.78, 5) is 0.